The molecule has 2 N–H and O–H groups in total. The van der Waals surface area contributed by atoms with Crippen molar-refractivity contribution in [1.29, 1.82) is 0 Å². The average Bonchev–Trinajstić information content (AvgIpc) is 3.37. The van der Waals surface area contributed by atoms with Gasteiger partial charge in [-0.15, -0.1) is 0 Å². The zero-order valence-electron chi connectivity index (χ0n) is 13.8. The van der Waals surface area contributed by atoms with Crippen molar-refractivity contribution in [3.63, 3.8) is 0 Å². The number of nitrogens with one attached hydrogen (secondary N) is 1. The lowest BCUT2D eigenvalue weighted by molar-refractivity contribution is -0.117. The highest BCUT2D eigenvalue weighted by Gasteiger charge is 2.30. The first kappa shape index (κ1) is 15.8. The number of halogens is 1. The van der Waals surface area contributed by atoms with Crippen LogP contribution in [0.2, 0.25) is 0 Å². The van der Waals surface area contributed by atoms with Gasteiger partial charge in [0.05, 0.1) is 12.8 Å². The van der Waals surface area contributed by atoms with Gasteiger partial charge in [0, 0.05) is 12.1 Å². The molecule has 0 radical (unpaired) electrons. The van der Waals surface area contributed by atoms with Gasteiger partial charge in [0.25, 0.3) is 0 Å². The Morgan fingerprint density at radius 1 is 1.32 bits per heavy atom. The molecule has 0 bridgehead atoms. The molecule has 1 aliphatic carbocycles. The number of hydrogen-bond donors (Lipinski definition) is 2. The third-order valence-electron chi connectivity index (χ3n) is 4.65. The van der Waals surface area contributed by atoms with Gasteiger partial charge < -0.3 is 14.8 Å². The number of anilines is 1. The smallest absolute Gasteiger partial charge is 0.228 e. The Bertz CT molecular complexity index is 976. The van der Waals surface area contributed by atoms with E-state index < -0.39 is 0 Å². The lowest BCUT2D eigenvalue weighted by atomic mass is 9.97. The van der Waals surface area contributed by atoms with Gasteiger partial charge in [0.15, 0.2) is 5.82 Å². The van der Waals surface area contributed by atoms with E-state index in [4.69, 9.17) is 0 Å². The van der Waals surface area contributed by atoms with Crippen LogP contribution in [0.15, 0.2) is 36.7 Å². The molecule has 2 aromatic heterocycles. The number of rotatable bonds is 4. The van der Waals surface area contributed by atoms with Crippen molar-refractivity contribution in [3.8, 4) is 11.1 Å². The number of imidazole rings is 1. The fourth-order valence-electron chi connectivity index (χ4n) is 2.99. The molecule has 4 rings (SSSR count). The molecule has 6 heteroatoms. The first-order chi connectivity index (χ1) is 12.1. The fraction of sp³-hybridized carbons (Fsp3) is 0.263. The van der Waals surface area contributed by atoms with Crippen molar-refractivity contribution < 1.29 is 14.3 Å². The van der Waals surface area contributed by atoms with E-state index in [0.29, 0.717) is 22.6 Å². The van der Waals surface area contributed by atoms with Crippen LogP contribution in [0, 0.1) is 18.7 Å². The molecule has 1 aliphatic rings. The van der Waals surface area contributed by atoms with E-state index in [1.807, 2.05) is 22.7 Å². The van der Waals surface area contributed by atoms with E-state index in [-0.39, 0.29) is 24.2 Å². The number of carbonyl (C=O) groups excluding carboxylic acids is 1. The van der Waals surface area contributed by atoms with Gasteiger partial charge in [0.2, 0.25) is 5.91 Å². The summed E-state index contributed by atoms with van der Waals surface area (Å²) in [6, 6.07) is 6.79. The predicted octanol–water partition coefficient (Wildman–Crippen LogP) is 3.29. The summed E-state index contributed by atoms with van der Waals surface area (Å²) in [6.07, 6.45) is 5.50. The molecule has 1 aromatic carbocycles. The van der Waals surface area contributed by atoms with E-state index in [2.05, 4.69) is 10.3 Å². The Morgan fingerprint density at radius 2 is 2.12 bits per heavy atom. The number of nitrogens with zero attached hydrogens (tertiary/aromatic N) is 2. The lowest BCUT2D eigenvalue weighted by Crippen LogP contribution is -2.13. The Labute approximate surface area is 144 Å². The van der Waals surface area contributed by atoms with Crippen LogP contribution in [0.1, 0.15) is 24.0 Å². The normalized spacial score (nSPS) is 14.0. The molecule has 5 nitrogen and oxygen atoms in total. The van der Waals surface area contributed by atoms with Gasteiger partial charge in [-0.05, 0) is 60.2 Å². The number of pyridine rings is 1. The van der Waals surface area contributed by atoms with Gasteiger partial charge in [-0.1, -0.05) is 6.07 Å². The molecule has 1 saturated carbocycles. The van der Waals surface area contributed by atoms with Crippen LogP contribution in [0.4, 0.5) is 10.2 Å². The molecule has 0 atom stereocenters. The van der Waals surface area contributed by atoms with E-state index in [9.17, 15) is 14.3 Å². The second-order valence-corrected chi connectivity index (χ2v) is 6.43. The number of benzene rings is 1. The number of carbonyl (C=O) groups is 1. The molecule has 1 amide bonds. The quantitative estimate of drug-likeness (QED) is 0.766. The van der Waals surface area contributed by atoms with Gasteiger partial charge >= 0.3 is 0 Å². The van der Waals surface area contributed by atoms with Crippen LogP contribution in [0.5, 0.6) is 0 Å². The maximum atomic E-state index is 13.7. The summed E-state index contributed by atoms with van der Waals surface area (Å²) in [5.74, 6) is 0.323. The van der Waals surface area contributed by atoms with Crippen molar-refractivity contribution in [2.45, 2.75) is 26.4 Å². The number of aliphatic hydroxyl groups excluding tert-OH is 1. The largest absolute Gasteiger partial charge is 0.392 e. The highest BCUT2D eigenvalue weighted by Crippen LogP contribution is 2.31. The molecular weight excluding hydrogens is 321 g/mol. The van der Waals surface area contributed by atoms with Crippen LogP contribution in [0.25, 0.3) is 16.8 Å². The zero-order chi connectivity index (χ0) is 17.6. The molecule has 0 unspecified atom stereocenters. The third-order valence-corrected chi connectivity index (χ3v) is 4.65. The minimum Gasteiger partial charge on any atom is -0.392 e. The lowest BCUT2D eigenvalue weighted by Gasteiger charge is -2.12. The Morgan fingerprint density at radius 3 is 2.84 bits per heavy atom. The molecule has 0 spiro atoms. The topological polar surface area (TPSA) is 66.6 Å². The molecule has 1 fully saturated rings. The van der Waals surface area contributed by atoms with Crippen molar-refractivity contribution >= 4 is 17.4 Å². The zero-order valence-corrected chi connectivity index (χ0v) is 13.8. The van der Waals surface area contributed by atoms with Crippen molar-refractivity contribution in [2.75, 3.05) is 5.32 Å². The molecule has 128 valence electrons. The van der Waals surface area contributed by atoms with E-state index in [1.165, 1.54) is 6.07 Å². The van der Waals surface area contributed by atoms with Gasteiger partial charge in [-0.3, -0.25) is 4.79 Å². The molecular formula is C19H18FN3O2. The summed E-state index contributed by atoms with van der Waals surface area (Å²) in [5, 5.41) is 12.5. The fourth-order valence-corrected chi connectivity index (χ4v) is 2.99. The van der Waals surface area contributed by atoms with E-state index in [1.54, 1.807) is 19.2 Å². The predicted molar refractivity (Wildman–Crippen MR) is 92.6 cm³/mol. The van der Waals surface area contributed by atoms with Gasteiger partial charge in [-0.25, -0.2) is 9.37 Å². The van der Waals surface area contributed by atoms with Crippen molar-refractivity contribution in [2.24, 2.45) is 5.92 Å². The van der Waals surface area contributed by atoms with Crippen molar-refractivity contribution in [3.05, 3.63) is 53.6 Å². The Hall–Kier alpha value is -2.73. The summed E-state index contributed by atoms with van der Waals surface area (Å²) in [4.78, 5) is 16.3. The molecule has 25 heavy (non-hydrogen) atoms. The summed E-state index contributed by atoms with van der Waals surface area (Å²) in [6.45, 7) is 1.43. The second kappa shape index (κ2) is 5.97. The Kier molecular flexibility index (Phi) is 3.77. The molecule has 2 heterocycles. The maximum Gasteiger partial charge on any atom is 0.228 e. The second-order valence-electron chi connectivity index (χ2n) is 6.43. The van der Waals surface area contributed by atoms with Crippen LogP contribution in [-0.2, 0) is 11.4 Å². The highest BCUT2D eigenvalue weighted by molar-refractivity contribution is 5.93. The Balaban J connectivity index is 1.71. The minimum atomic E-state index is -0.332. The van der Waals surface area contributed by atoms with Crippen molar-refractivity contribution in [1.82, 2.24) is 9.38 Å². The SMILES string of the molecule is Cc1c(F)ccc(-c2ccc3nc(NC(=O)C4CC4)cn3c2)c1CO. The molecule has 0 saturated heterocycles. The van der Waals surface area contributed by atoms with Crippen LogP contribution in [-0.4, -0.2) is 20.4 Å². The summed E-state index contributed by atoms with van der Waals surface area (Å²) < 4.78 is 15.6. The number of aliphatic hydroxyl groups is 1. The van der Waals surface area contributed by atoms with E-state index in [0.717, 1.165) is 24.0 Å². The minimum absolute atomic E-state index is 0.0142. The van der Waals surface area contributed by atoms with Gasteiger partial charge in [-0.2, -0.15) is 0 Å². The maximum absolute atomic E-state index is 13.7. The van der Waals surface area contributed by atoms with E-state index >= 15 is 0 Å². The number of aromatic nitrogens is 2. The van der Waals surface area contributed by atoms with Crippen LogP contribution >= 0.6 is 0 Å². The van der Waals surface area contributed by atoms with Gasteiger partial charge in [0.1, 0.15) is 11.5 Å². The average molecular weight is 339 g/mol. The third kappa shape index (κ3) is 2.89. The standard InChI is InChI=1S/C19H18FN3O2/c1-11-15(10-24)14(5-6-16(11)20)13-4-7-18-21-17(9-23(18)8-13)22-19(25)12-2-3-12/h4-9,12,24H,2-3,10H2,1H3,(H,22,25). The summed E-state index contributed by atoms with van der Waals surface area (Å²) in [5.41, 5.74) is 3.35. The van der Waals surface area contributed by atoms with Crippen LogP contribution < -0.4 is 5.32 Å². The summed E-state index contributed by atoms with van der Waals surface area (Å²) in [7, 11) is 0. The number of fused-ring (bicyclic) bond motifs is 1. The van der Waals surface area contributed by atoms with Crippen LogP contribution in [0.3, 0.4) is 0 Å². The molecule has 0 aliphatic heterocycles. The molecule has 3 aromatic rings. The summed E-state index contributed by atoms with van der Waals surface area (Å²) >= 11 is 0. The number of amides is 1. The first-order valence-electron chi connectivity index (χ1n) is 8.25. The monoisotopic (exact) mass is 339 g/mol. The highest BCUT2D eigenvalue weighted by atomic mass is 19.1. The first-order valence-corrected chi connectivity index (χ1v) is 8.25. The number of hydrogen-bond acceptors (Lipinski definition) is 3.